The Labute approximate surface area is 151 Å². The molecular formula is C22H15N3O. The Morgan fingerprint density at radius 1 is 0.923 bits per heavy atom. The van der Waals surface area contributed by atoms with Gasteiger partial charge in [0.05, 0.1) is 22.9 Å². The van der Waals surface area contributed by atoms with Crippen LogP contribution in [0.3, 0.4) is 0 Å². The van der Waals surface area contributed by atoms with Crippen LogP contribution in [-0.2, 0) is 4.79 Å². The molecule has 4 heteroatoms. The molecular weight excluding hydrogens is 322 g/mol. The zero-order chi connectivity index (χ0) is 17.9. The zero-order valence-corrected chi connectivity index (χ0v) is 13.9. The molecule has 0 fully saturated rings. The number of hydrogen-bond acceptors (Lipinski definition) is 3. The van der Waals surface area contributed by atoms with Crippen LogP contribution in [-0.4, -0.2) is 5.91 Å². The molecule has 0 atom stereocenters. The highest BCUT2D eigenvalue weighted by Crippen LogP contribution is 2.37. The van der Waals surface area contributed by atoms with Gasteiger partial charge in [0, 0.05) is 16.9 Å². The Kier molecular flexibility index (Phi) is 3.97. The van der Waals surface area contributed by atoms with Crippen molar-refractivity contribution in [3.05, 3.63) is 95.6 Å². The number of carbonyl (C=O) groups excluding carboxylic acids is 1. The minimum absolute atomic E-state index is 0.183. The summed E-state index contributed by atoms with van der Waals surface area (Å²) in [6.45, 7) is 0. The Hall–Kier alpha value is -3.84. The van der Waals surface area contributed by atoms with E-state index in [4.69, 9.17) is 0 Å². The monoisotopic (exact) mass is 337 g/mol. The molecule has 0 aromatic heterocycles. The number of carbonyl (C=O) groups is 1. The molecule has 0 spiro atoms. The van der Waals surface area contributed by atoms with Gasteiger partial charge in [0.25, 0.3) is 5.91 Å². The maximum atomic E-state index is 12.7. The van der Waals surface area contributed by atoms with Crippen LogP contribution < -0.4 is 10.6 Å². The molecule has 1 aliphatic rings. The van der Waals surface area contributed by atoms with Gasteiger partial charge in [-0.05, 0) is 35.9 Å². The third-order valence-electron chi connectivity index (χ3n) is 4.25. The molecule has 0 bridgehead atoms. The molecule has 1 amide bonds. The first kappa shape index (κ1) is 15.7. The fraction of sp³-hybridized carbons (Fsp3) is 0. The van der Waals surface area contributed by atoms with E-state index in [1.807, 2.05) is 60.7 Å². The number of nitriles is 1. The molecule has 0 unspecified atom stereocenters. The average Bonchev–Trinajstić information content (AvgIpc) is 3.02. The quantitative estimate of drug-likeness (QED) is 0.692. The highest BCUT2D eigenvalue weighted by atomic mass is 16.2. The summed E-state index contributed by atoms with van der Waals surface area (Å²) in [4.78, 5) is 12.7. The molecule has 0 aliphatic carbocycles. The number of nitrogens with zero attached hydrogens (tertiary/aromatic N) is 1. The van der Waals surface area contributed by atoms with Crippen molar-refractivity contribution in [3.63, 3.8) is 0 Å². The molecule has 2 N–H and O–H groups in total. The smallest absolute Gasteiger partial charge is 0.258 e. The minimum Gasteiger partial charge on any atom is -0.354 e. The number of amides is 1. The van der Waals surface area contributed by atoms with E-state index in [9.17, 15) is 10.1 Å². The third-order valence-corrected chi connectivity index (χ3v) is 4.25. The molecule has 1 aliphatic heterocycles. The predicted molar refractivity (Wildman–Crippen MR) is 103 cm³/mol. The summed E-state index contributed by atoms with van der Waals surface area (Å²) in [5.41, 5.74) is 5.00. The molecule has 124 valence electrons. The van der Waals surface area contributed by atoms with Crippen molar-refractivity contribution in [2.24, 2.45) is 0 Å². The second-order valence-corrected chi connectivity index (χ2v) is 5.93. The first-order valence-corrected chi connectivity index (χ1v) is 8.24. The van der Waals surface area contributed by atoms with Crippen LogP contribution >= 0.6 is 0 Å². The lowest BCUT2D eigenvalue weighted by molar-refractivity contribution is -0.110. The Balaban J connectivity index is 1.94. The molecule has 0 saturated carbocycles. The van der Waals surface area contributed by atoms with Gasteiger partial charge in [-0.25, -0.2) is 0 Å². The molecule has 4 rings (SSSR count). The van der Waals surface area contributed by atoms with Gasteiger partial charge in [-0.1, -0.05) is 48.5 Å². The summed E-state index contributed by atoms with van der Waals surface area (Å²) in [6.07, 6.45) is 0. The molecule has 4 nitrogen and oxygen atoms in total. The fourth-order valence-corrected chi connectivity index (χ4v) is 3.03. The van der Waals surface area contributed by atoms with Crippen LogP contribution in [0, 0.1) is 11.3 Å². The Bertz CT molecular complexity index is 1050. The van der Waals surface area contributed by atoms with Crippen LogP contribution in [0.1, 0.15) is 16.7 Å². The van der Waals surface area contributed by atoms with Crippen molar-refractivity contribution < 1.29 is 4.79 Å². The van der Waals surface area contributed by atoms with Gasteiger partial charge in [0.2, 0.25) is 0 Å². The van der Waals surface area contributed by atoms with Gasteiger partial charge < -0.3 is 10.6 Å². The number of anilines is 2. The first-order chi connectivity index (χ1) is 12.8. The van der Waals surface area contributed by atoms with Gasteiger partial charge in [-0.3, -0.25) is 4.79 Å². The van der Waals surface area contributed by atoms with Gasteiger partial charge in [-0.15, -0.1) is 0 Å². The minimum atomic E-state index is -0.183. The summed E-state index contributed by atoms with van der Waals surface area (Å²) in [5, 5.41) is 15.5. The van der Waals surface area contributed by atoms with E-state index in [1.54, 1.807) is 18.2 Å². The van der Waals surface area contributed by atoms with Crippen LogP contribution in [0.2, 0.25) is 0 Å². The number of hydrogen-bond donors (Lipinski definition) is 2. The van der Waals surface area contributed by atoms with E-state index < -0.39 is 0 Å². The van der Waals surface area contributed by atoms with Crippen molar-refractivity contribution >= 4 is 28.6 Å². The van der Waals surface area contributed by atoms with E-state index in [1.165, 1.54) is 0 Å². The van der Waals surface area contributed by atoms with Crippen LogP contribution in [0.4, 0.5) is 11.4 Å². The Morgan fingerprint density at radius 2 is 1.62 bits per heavy atom. The van der Waals surface area contributed by atoms with Crippen molar-refractivity contribution in [2.45, 2.75) is 0 Å². The summed E-state index contributed by atoms with van der Waals surface area (Å²) in [7, 11) is 0. The summed E-state index contributed by atoms with van der Waals surface area (Å²) < 4.78 is 0. The van der Waals surface area contributed by atoms with Crippen LogP contribution in [0.15, 0.2) is 78.9 Å². The highest BCUT2D eigenvalue weighted by Gasteiger charge is 2.28. The predicted octanol–water partition coefficient (Wildman–Crippen LogP) is 4.49. The Morgan fingerprint density at radius 3 is 2.31 bits per heavy atom. The molecule has 0 radical (unpaired) electrons. The van der Waals surface area contributed by atoms with Gasteiger partial charge in [0.1, 0.15) is 0 Å². The molecule has 1 heterocycles. The second-order valence-electron chi connectivity index (χ2n) is 5.93. The van der Waals surface area contributed by atoms with E-state index >= 15 is 0 Å². The van der Waals surface area contributed by atoms with Gasteiger partial charge in [0.15, 0.2) is 0 Å². The number of benzene rings is 3. The molecule has 26 heavy (non-hydrogen) atoms. The van der Waals surface area contributed by atoms with Gasteiger partial charge in [-0.2, -0.15) is 5.26 Å². The lowest BCUT2D eigenvalue weighted by atomic mass is 9.98. The van der Waals surface area contributed by atoms with Crippen molar-refractivity contribution in [1.29, 1.82) is 5.26 Å². The SMILES string of the molecule is N#Cc1ccc2c(c1)/C(=C(/Nc1ccccc1)c1ccccc1)C(=O)N2. The zero-order valence-electron chi connectivity index (χ0n) is 13.9. The number of fused-ring (bicyclic) bond motifs is 1. The van der Waals surface area contributed by atoms with Crippen LogP contribution in [0.25, 0.3) is 11.3 Å². The average molecular weight is 337 g/mol. The topological polar surface area (TPSA) is 64.9 Å². The maximum Gasteiger partial charge on any atom is 0.258 e. The number of rotatable bonds is 3. The van der Waals surface area contributed by atoms with Crippen molar-refractivity contribution in [1.82, 2.24) is 0 Å². The van der Waals surface area contributed by atoms with E-state index in [2.05, 4.69) is 16.7 Å². The second kappa shape index (κ2) is 6.58. The summed E-state index contributed by atoms with van der Waals surface area (Å²) in [6, 6.07) is 26.8. The highest BCUT2D eigenvalue weighted by molar-refractivity contribution is 6.37. The van der Waals surface area contributed by atoms with Crippen molar-refractivity contribution in [2.75, 3.05) is 10.6 Å². The first-order valence-electron chi connectivity index (χ1n) is 8.24. The lowest BCUT2D eigenvalue weighted by Crippen LogP contribution is -2.10. The van der Waals surface area contributed by atoms with E-state index in [0.717, 1.165) is 16.8 Å². The lowest BCUT2D eigenvalue weighted by Gasteiger charge is -2.14. The summed E-state index contributed by atoms with van der Waals surface area (Å²) >= 11 is 0. The number of nitrogens with one attached hydrogen (secondary N) is 2. The van der Waals surface area contributed by atoms with Crippen molar-refractivity contribution in [3.8, 4) is 6.07 Å². The molecule has 0 saturated heterocycles. The standard InChI is InChI=1S/C22H15N3O/c23-14-15-11-12-19-18(13-15)20(22(26)25-19)21(16-7-3-1-4-8-16)24-17-9-5-2-6-10-17/h1-13,24H,(H,25,26)/b21-20-. The largest absolute Gasteiger partial charge is 0.354 e. The van der Waals surface area contributed by atoms with Gasteiger partial charge >= 0.3 is 0 Å². The summed E-state index contributed by atoms with van der Waals surface area (Å²) in [5.74, 6) is -0.183. The maximum absolute atomic E-state index is 12.7. The van der Waals surface area contributed by atoms with E-state index in [0.29, 0.717) is 22.5 Å². The van der Waals surface area contributed by atoms with E-state index in [-0.39, 0.29) is 5.91 Å². The third kappa shape index (κ3) is 2.83. The molecule has 3 aromatic rings. The normalized spacial score (nSPS) is 14.2. The fourth-order valence-electron chi connectivity index (χ4n) is 3.03. The van der Waals surface area contributed by atoms with Crippen LogP contribution in [0.5, 0.6) is 0 Å². The molecule has 3 aromatic carbocycles. The number of para-hydroxylation sites is 1.